The maximum Gasteiger partial charge on any atom is 0.256 e. The van der Waals surface area contributed by atoms with Crippen molar-refractivity contribution in [3.8, 4) is 11.3 Å². The highest BCUT2D eigenvalue weighted by Crippen LogP contribution is 2.26. The molecule has 5 rings (SSSR count). The van der Waals surface area contributed by atoms with Crippen molar-refractivity contribution in [1.82, 2.24) is 14.4 Å². The molecule has 0 aliphatic carbocycles. The van der Waals surface area contributed by atoms with Gasteiger partial charge < -0.3 is 10.6 Å². The fourth-order valence-corrected chi connectivity index (χ4v) is 4.04. The summed E-state index contributed by atoms with van der Waals surface area (Å²) in [5.41, 5.74) is 3.22. The Morgan fingerprint density at radius 1 is 0.917 bits per heavy atom. The predicted molar refractivity (Wildman–Crippen MR) is 140 cm³/mol. The van der Waals surface area contributed by atoms with Crippen LogP contribution in [0.15, 0.2) is 89.8 Å². The number of imidazole rings is 1. The Labute approximate surface area is 218 Å². The van der Waals surface area contributed by atoms with E-state index >= 15 is 0 Å². The van der Waals surface area contributed by atoms with Crippen LogP contribution >= 0.6 is 27.5 Å². The molecule has 0 bridgehead atoms. The summed E-state index contributed by atoms with van der Waals surface area (Å²) in [6, 6.07) is 17.9. The maximum absolute atomic E-state index is 13.4. The second-order valence-electron chi connectivity index (χ2n) is 7.74. The van der Waals surface area contributed by atoms with E-state index in [4.69, 9.17) is 11.6 Å². The van der Waals surface area contributed by atoms with E-state index in [0.29, 0.717) is 22.7 Å². The molecule has 0 saturated carbocycles. The number of anilines is 2. The first-order chi connectivity index (χ1) is 17.4. The minimum Gasteiger partial charge on any atom is -0.322 e. The molecule has 0 aliphatic rings. The van der Waals surface area contributed by atoms with E-state index in [1.807, 2.05) is 6.07 Å². The Kier molecular flexibility index (Phi) is 6.49. The molecule has 36 heavy (non-hydrogen) atoms. The number of rotatable bonds is 5. The van der Waals surface area contributed by atoms with Crippen LogP contribution < -0.4 is 10.6 Å². The van der Waals surface area contributed by atoms with Crippen molar-refractivity contribution in [2.75, 3.05) is 10.6 Å². The van der Waals surface area contributed by atoms with Crippen LogP contribution in [-0.2, 0) is 0 Å². The molecule has 0 atom stereocenters. The molecule has 10 heteroatoms. The Morgan fingerprint density at radius 3 is 2.44 bits per heavy atom. The third-order valence-corrected chi connectivity index (χ3v) is 6.18. The van der Waals surface area contributed by atoms with Crippen LogP contribution in [0, 0.1) is 5.82 Å². The lowest BCUT2D eigenvalue weighted by Crippen LogP contribution is -2.14. The van der Waals surface area contributed by atoms with Crippen LogP contribution in [0.5, 0.6) is 0 Å². The highest BCUT2D eigenvalue weighted by molar-refractivity contribution is 9.10. The molecule has 0 aliphatic heterocycles. The third kappa shape index (κ3) is 4.84. The van der Waals surface area contributed by atoms with Gasteiger partial charge >= 0.3 is 0 Å². The molecule has 2 heterocycles. The summed E-state index contributed by atoms with van der Waals surface area (Å²) in [6.07, 6.45) is 4.96. The minimum atomic E-state index is -0.593. The number of nitrogens with zero attached hydrogens (tertiary/aromatic N) is 3. The van der Waals surface area contributed by atoms with Gasteiger partial charge in [0.1, 0.15) is 5.82 Å². The second-order valence-corrected chi connectivity index (χ2v) is 9.06. The van der Waals surface area contributed by atoms with Crippen LogP contribution in [0.3, 0.4) is 0 Å². The molecule has 7 nitrogen and oxygen atoms in total. The molecular weight excluding hydrogens is 549 g/mol. The average molecular weight is 565 g/mol. The summed E-state index contributed by atoms with van der Waals surface area (Å²) >= 11 is 9.15. The molecule has 5 aromatic rings. The van der Waals surface area contributed by atoms with Gasteiger partial charge in [-0.1, -0.05) is 39.7 Å². The highest BCUT2D eigenvalue weighted by Gasteiger charge is 2.15. The van der Waals surface area contributed by atoms with E-state index in [0.717, 1.165) is 21.8 Å². The summed E-state index contributed by atoms with van der Waals surface area (Å²) < 4.78 is 16.1. The quantitative estimate of drug-likeness (QED) is 0.257. The zero-order chi connectivity index (χ0) is 25.2. The van der Waals surface area contributed by atoms with Gasteiger partial charge in [0, 0.05) is 39.2 Å². The molecule has 0 saturated heterocycles. The van der Waals surface area contributed by atoms with Crippen molar-refractivity contribution >= 4 is 56.5 Å². The van der Waals surface area contributed by atoms with Gasteiger partial charge in [-0.15, -0.1) is 0 Å². The number of carbonyl (C=O) groups is 2. The van der Waals surface area contributed by atoms with Gasteiger partial charge in [0.05, 0.1) is 16.9 Å². The van der Waals surface area contributed by atoms with Gasteiger partial charge in [-0.05, 0) is 54.6 Å². The summed E-state index contributed by atoms with van der Waals surface area (Å²) in [5, 5.41) is 5.47. The van der Waals surface area contributed by atoms with Crippen molar-refractivity contribution in [2.45, 2.75) is 0 Å². The van der Waals surface area contributed by atoms with Crippen LogP contribution in [-0.4, -0.2) is 26.2 Å². The standard InChI is InChI=1S/C26H16BrClFN5O2/c27-18-7-4-15(5-8-18)25(35)33-23-24-31-14-22(34(24)11-10-30-23)16-2-1-3-19(12-16)32-26(36)17-6-9-21(29)20(28)13-17/h1-14H,(H,32,36)(H,30,33,35). The zero-order valence-corrected chi connectivity index (χ0v) is 20.7. The number of halogens is 3. The van der Waals surface area contributed by atoms with Crippen molar-refractivity contribution in [3.63, 3.8) is 0 Å². The number of hydrogen-bond donors (Lipinski definition) is 2. The van der Waals surface area contributed by atoms with Crippen LogP contribution in [0.2, 0.25) is 5.02 Å². The first-order valence-electron chi connectivity index (χ1n) is 10.6. The SMILES string of the molecule is O=C(Nc1cccc(-c2cnc3c(NC(=O)c4ccc(Br)cc4)nccn23)c1)c1ccc(F)c(Cl)c1. The van der Waals surface area contributed by atoms with E-state index in [-0.39, 0.29) is 16.5 Å². The predicted octanol–water partition coefficient (Wildman–Crippen LogP) is 6.46. The topological polar surface area (TPSA) is 88.4 Å². The number of amides is 2. The Balaban J connectivity index is 1.40. The normalized spacial score (nSPS) is 10.9. The monoisotopic (exact) mass is 563 g/mol. The highest BCUT2D eigenvalue weighted by atomic mass is 79.9. The van der Waals surface area contributed by atoms with Gasteiger partial charge in [-0.3, -0.25) is 14.0 Å². The summed E-state index contributed by atoms with van der Waals surface area (Å²) in [6.45, 7) is 0. The largest absolute Gasteiger partial charge is 0.322 e. The number of nitrogens with one attached hydrogen (secondary N) is 2. The maximum atomic E-state index is 13.4. The van der Waals surface area contributed by atoms with Crippen LogP contribution in [0.4, 0.5) is 15.9 Å². The summed E-state index contributed by atoms with van der Waals surface area (Å²) in [4.78, 5) is 34.0. The lowest BCUT2D eigenvalue weighted by molar-refractivity contribution is 0.101. The molecule has 2 aromatic heterocycles. The second kappa shape index (κ2) is 9.88. The molecule has 2 N–H and O–H groups in total. The molecule has 0 fully saturated rings. The van der Waals surface area contributed by atoms with Gasteiger partial charge in [0.15, 0.2) is 11.5 Å². The lowest BCUT2D eigenvalue weighted by Gasteiger charge is -2.09. The van der Waals surface area contributed by atoms with Crippen molar-refractivity contribution < 1.29 is 14.0 Å². The third-order valence-electron chi connectivity index (χ3n) is 5.36. The number of fused-ring (bicyclic) bond motifs is 1. The van der Waals surface area contributed by atoms with E-state index in [1.54, 1.807) is 65.5 Å². The average Bonchev–Trinajstić information content (AvgIpc) is 3.31. The molecule has 0 radical (unpaired) electrons. The first kappa shape index (κ1) is 23.7. The van der Waals surface area contributed by atoms with E-state index in [2.05, 4.69) is 36.5 Å². The fraction of sp³-hybridized carbons (Fsp3) is 0. The molecule has 0 spiro atoms. The molecular formula is C26H16BrClFN5O2. The van der Waals surface area contributed by atoms with Gasteiger partial charge in [0.25, 0.3) is 11.8 Å². The number of benzene rings is 3. The molecule has 2 amide bonds. The minimum absolute atomic E-state index is 0.126. The van der Waals surface area contributed by atoms with E-state index in [9.17, 15) is 14.0 Å². The molecule has 0 unspecified atom stereocenters. The van der Waals surface area contributed by atoms with Crippen LogP contribution in [0.25, 0.3) is 16.9 Å². The molecule has 178 valence electrons. The smallest absolute Gasteiger partial charge is 0.256 e. The Morgan fingerprint density at radius 2 is 1.67 bits per heavy atom. The van der Waals surface area contributed by atoms with Crippen molar-refractivity contribution in [3.05, 3.63) is 112 Å². The summed E-state index contributed by atoms with van der Waals surface area (Å²) in [7, 11) is 0. The van der Waals surface area contributed by atoms with Crippen molar-refractivity contribution in [2.24, 2.45) is 0 Å². The van der Waals surface area contributed by atoms with E-state index in [1.165, 1.54) is 12.1 Å². The lowest BCUT2D eigenvalue weighted by atomic mass is 10.1. The fourth-order valence-electron chi connectivity index (χ4n) is 3.60. The number of carbonyl (C=O) groups excluding carboxylic acids is 2. The zero-order valence-electron chi connectivity index (χ0n) is 18.4. The Hall–Kier alpha value is -4.08. The van der Waals surface area contributed by atoms with Gasteiger partial charge in [0.2, 0.25) is 0 Å². The number of aromatic nitrogens is 3. The summed E-state index contributed by atoms with van der Waals surface area (Å²) in [5.74, 6) is -1.01. The van der Waals surface area contributed by atoms with E-state index < -0.39 is 11.7 Å². The number of hydrogen-bond acceptors (Lipinski definition) is 4. The first-order valence-corrected chi connectivity index (χ1v) is 11.8. The van der Waals surface area contributed by atoms with Crippen molar-refractivity contribution in [1.29, 1.82) is 0 Å². The van der Waals surface area contributed by atoms with Gasteiger partial charge in [-0.2, -0.15) is 0 Å². The molecule has 3 aromatic carbocycles. The Bertz CT molecular complexity index is 1620. The van der Waals surface area contributed by atoms with Gasteiger partial charge in [-0.25, -0.2) is 14.4 Å². The van der Waals surface area contributed by atoms with Crippen LogP contribution in [0.1, 0.15) is 20.7 Å².